The predicted octanol–water partition coefficient (Wildman–Crippen LogP) is 11.0. The molecule has 0 saturated carbocycles. The first-order chi connectivity index (χ1) is 24.3. The SMILES string of the molecule is c1ccc(-c2nc(-c3cc4ccccc4c4ccccc34)nc(C3(c4ccccc4)c4ccccc4-c4c3ccc3ccccc43)n2)cc1. The van der Waals surface area contributed by atoms with Gasteiger partial charge in [-0.2, -0.15) is 0 Å². The summed E-state index contributed by atoms with van der Waals surface area (Å²) in [6.45, 7) is 0. The molecule has 0 aliphatic heterocycles. The molecule has 0 saturated heterocycles. The Morgan fingerprint density at radius 2 is 0.980 bits per heavy atom. The molecule has 3 nitrogen and oxygen atoms in total. The van der Waals surface area contributed by atoms with Gasteiger partial charge < -0.3 is 0 Å². The molecule has 10 rings (SSSR count). The molecule has 0 N–H and O–H groups in total. The summed E-state index contributed by atoms with van der Waals surface area (Å²) in [5.74, 6) is 2.02. The zero-order valence-electron chi connectivity index (χ0n) is 26.6. The Balaban J connectivity index is 1.37. The van der Waals surface area contributed by atoms with E-state index in [1.165, 1.54) is 43.8 Å². The van der Waals surface area contributed by atoms with Crippen molar-refractivity contribution in [3.05, 3.63) is 198 Å². The molecule has 0 fully saturated rings. The van der Waals surface area contributed by atoms with Gasteiger partial charge in [0.25, 0.3) is 0 Å². The van der Waals surface area contributed by atoms with Gasteiger partial charge in [-0.15, -0.1) is 0 Å². The highest BCUT2D eigenvalue weighted by molar-refractivity contribution is 6.13. The largest absolute Gasteiger partial charge is 0.211 e. The van der Waals surface area contributed by atoms with Crippen molar-refractivity contribution in [1.82, 2.24) is 15.0 Å². The summed E-state index contributed by atoms with van der Waals surface area (Å²) in [6.07, 6.45) is 0. The lowest BCUT2D eigenvalue weighted by molar-refractivity contribution is 0.693. The van der Waals surface area contributed by atoms with Gasteiger partial charge in [-0.05, 0) is 66.2 Å². The molecule has 3 heteroatoms. The van der Waals surface area contributed by atoms with Gasteiger partial charge in [0.05, 0.1) is 0 Å². The van der Waals surface area contributed by atoms with Crippen LogP contribution in [0.25, 0.3) is 66.2 Å². The van der Waals surface area contributed by atoms with Crippen LogP contribution in [-0.4, -0.2) is 15.0 Å². The van der Waals surface area contributed by atoms with E-state index in [-0.39, 0.29) is 0 Å². The van der Waals surface area contributed by atoms with Gasteiger partial charge in [0.1, 0.15) is 5.41 Å². The van der Waals surface area contributed by atoms with Gasteiger partial charge in [0, 0.05) is 11.1 Å². The zero-order chi connectivity index (χ0) is 32.4. The monoisotopic (exact) mass is 623 g/mol. The number of benzene rings is 8. The van der Waals surface area contributed by atoms with Crippen molar-refractivity contribution in [3.8, 4) is 33.9 Å². The van der Waals surface area contributed by atoms with Crippen LogP contribution in [0.3, 0.4) is 0 Å². The standard InChI is InChI=1S/C46H29N3/c1-3-16-31(17-4-1)43-47-44(39-29-32-18-8-9-21-34(32)36-23-11-12-24-37(36)39)49-45(48-43)46(33-19-5-2-6-20-33)40-26-14-13-25-38(40)42-35-22-10-7-15-30(35)27-28-41(42)46/h1-29H. The number of hydrogen-bond donors (Lipinski definition) is 0. The van der Waals surface area contributed by atoms with Crippen molar-refractivity contribution in [2.45, 2.75) is 5.41 Å². The minimum absolute atomic E-state index is 0.653. The second kappa shape index (κ2) is 10.8. The first-order valence-electron chi connectivity index (χ1n) is 16.7. The van der Waals surface area contributed by atoms with Crippen LogP contribution in [0, 0.1) is 0 Å². The number of nitrogens with zero attached hydrogens (tertiary/aromatic N) is 3. The smallest absolute Gasteiger partial charge is 0.164 e. The topological polar surface area (TPSA) is 38.7 Å². The summed E-state index contributed by atoms with van der Waals surface area (Å²) in [4.78, 5) is 16.3. The van der Waals surface area contributed by atoms with E-state index < -0.39 is 5.41 Å². The Morgan fingerprint density at radius 1 is 0.367 bits per heavy atom. The van der Waals surface area contributed by atoms with Gasteiger partial charge >= 0.3 is 0 Å². The van der Waals surface area contributed by atoms with Gasteiger partial charge in [-0.1, -0.05) is 170 Å². The molecule has 0 spiro atoms. The van der Waals surface area contributed by atoms with Crippen molar-refractivity contribution in [2.24, 2.45) is 0 Å². The van der Waals surface area contributed by atoms with Crippen LogP contribution in [0.1, 0.15) is 22.5 Å². The maximum atomic E-state index is 5.57. The highest BCUT2D eigenvalue weighted by atomic mass is 15.0. The fourth-order valence-electron chi connectivity index (χ4n) is 8.04. The van der Waals surface area contributed by atoms with E-state index in [1.807, 2.05) is 18.2 Å². The van der Waals surface area contributed by atoms with E-state index in [9.17, 15) is 0 Å². The molecule has 1 atom stereocenters. The number of aromatic nitrogens is 3. The molecule has 1 unspecified atom stereocenters. The molecule has 0 radical (unpaired) electrons. The van der Waals surface area contributed by atoms with E-state index >= 15 is 0 Å². The number of fused-ring (bicyclic) bond motifs is 8. The van der Waals surface area contributed by atoms with Gasteiger partial charge in [0.15, 0.2) is 17.5 Å². The van der Waals surface area contributed by atoms with Crippen LogP contribution in [0.2, 0.25) is 0 Å². The van der Waals surface area contributed by atoms with Crippen molar-refractivity contribution < 1.29 is 0 Å². The van der Waals surface area contributed by atoms with E-state index in [2.05, 4.69) is 158 Å². The Bertz CT molecular complexity index is 2720. The molecule has 1 aliphatic carbocycles. The van der Waals surface area contributed by atoms with Crippen LogP contribution in [-0.2, 0) is 5.41 Å². The lowest BCUT2D eigenvalue weighted by atomic mass is 9.71. The maximum Gasteiger partial charge on any atom is 0.164 e. The third-order valence-corrected chi connectivity index (χ3v) is 10.2. The fourth-order valence-corrected chi connectivity index (χ4v) is 8.04. The van der Waals surface area contributed by atoms with Crippen LogP contribution in [0.15, 0.2) is 176 Å². The summed E-state index contributed by atoms with van der Waals surface area (Å²) in [7, 11) is 0. The van der Waals surface area contributed by atoms with Crippen molar-refractivity contribution >= 4 is 32.3 Å². The minimum Gasteiger partial charge on any atom is -0.211 e. The molecule has 49 heavy (non-hydrogen) atoms. The van der Waals surface area contributed by atoms with Crippen molar-refractivity contribution in [2.75, 3.05) is 0 Å². The minimum atomic E-state index is -0.787. The molecule has 9 aromatic rings. The second-order valence-corrected chi connectivity index (χ2v) is 12.7. The van der Waals surface area contributed by atoms with Crippen molar-refractivity contribution in [1.29, 1.82) is 0 Å². The Kier molecular flexibility index (Phi) is 6.09. The van der Waals surface area contributed by atoms with E-state index in [0.29, 0.717) is 17.5 Å². The normalized spacial score (nSPS) is 15.0. The highest BCUT2D eigenvalue weighted by Gasteiger charge is 2.49. The molecular weight excluding hydrogens is 595 g/mol. The lowest BCUT2D eigenvalue weighted by Gasteiger charge is -2.32. The second-order valence-electron chi connectivity index (χ2n) is 12.7. The lowest BCUT2D eigenvalue weighted by Crippen LogP contribution is -2.31. The molecular formula is C46H29N3. The van der Waals surface area contributed by atoms with Crippen molar-refractivity contribution in [3.63, 3.8) is 0 Å². The number of hydrogen-bond acceptors (Lipinski definition) is 3. The van der Waals surface area contributed by atoms with Gasteiger partial charge in [-0.3, -0.25) is 0 Å². The zero-order valence-corrected chi connectivity index (χ0v) is 26.6. The highest BCUT2D eigenvalue weighted by Crippen LogP contribution is 2.57. The molecule has 228 valence electrons. The molecule has 8 aromatic carbocycles. The first kappa shape index (κ1) is 27.6. The van der Waals surface area contributed by atoms with E-state index in [4.69, 9.17) is 15.0 Å². The summed E-state index contributed by atoms with van der Waals surface area (Å²) in [6, 6.07) is 62.4. The molecule has 1 heterocycles. The fraction of sp³-hybridized carbons (Fsp3) is 0.0217. The Morgan fingerprint density at radius 3 is 1.80 bits per heavy atom. The average Bonchev–Trinajstić information content (AvgIpc) is 3.50. The average molecular weight is 624 g/mol. The quantitative estimate of drug-likeness (QED) is 0.183. The molecule has 0 bridgehead atoms. The predicted molar refractivity (Wildman–Crippen MR) is 201 cm³/mol. The maximum absolute atomic E-state index is 5.57. The summed E-state index contributed by atoms with van der Waals surface area (Å²) in [5.41, 5.74) is 7.07. The summed E-state index contributed by atoms with van der Waals surface area (Å²) >= 11 is 0. The van der Waals surface area contributed by atoms with Crippen LogP contribution in [0.4, 0.5) is 0 Å². The molecule has 1 aliphatic rings. The summed E-state index contributed by atoms with van der Waals surface area (Å²) < 4.78 is 0. The summed E-state index contributed by atoms with van der Waals surface area (Å²) in [5, 5.41) is 7.10. The number of rotatable bonds is 4. The molecule has 1 aromatic heterocycles. The van der Waals surface area contributed by atoms with Crippen LogP contribution in [0.5, 0.6) is 0 Å². The Labute approximate surface area is 284 Å². The van der Waals surface area contributed by atoms with Crippen LogP contribution >= 0.6 is 0 Å². The van der Waals surface area contributed by atoms with Gasteiger partial charge in [-0.25, -0.2) is 15.0 Å². The molecule has 0 amide bonds. The Hall–Kier alpha value is -6.45. The van der Waals surface area contributed by atoms with Gasteiger partial charge in [0.2, 0.25) is 0 Å². The van der Waals surface area contributed by atoms with Crippen LogP contribution < -0.4 is 0 Å². The third kappa shape index (κ3) is 4.06. The van der Waals surface area contributed by atoms with E-state index in [1.54, 1.807) is 0 Å². The third-order valence-electron chi connectivity index (χ3n) is 10.2. The van der Waals surface area contributed by atoms with E-state index in [0.717, 1.165) is 27.5 Å². The first-order valence-corrected chi connectivity index (χ1v) is 16.7.